The number of ketones is 1. The number of carbonyl (C=O) groups excluding carboxylic acids is 3. The highest BCUT2D eigenvalue weighted by molar-refractivity contribution is 6.11. The molecule has 1 heterocycles. The molecule has 1 aromatic carbocycles. The van der Waals surface area contributed by atoms with Crippen molar-refractivity contribution in [3.63, 3.8) is 0 Å². The number of rotatable bonds is 4. The Hall–Kier alpha value is -2.69. The van der Waals surface area contributed by atoms with Gasteiger partial charge in [-0.2, -0.15) is 0 Å². The summed E-state index contributed by atoms with van der Waals surface area (Å²) < 4.78 is 5.13. The first kappa shape index (κ1) is 18.1. The Balaban J connectivity index is 2.16. The summed E-state index contributed by atoms with van der Waals surface area (Å²) in [4.78, 5) is 40.1. The van der Waals surface area contributed by atoms with Crippen molar-refractivity contribution in [3.05, 3.63) is 59.2 Å². The highest BCUT2D eigenvalue weighted by atomic mass is 16.5. The van der Waals surface area contributed by atoms with Crippen LogP contribution in [0.1, 0.15) is 37.0 Å². The predicted octanol–water partition coefficient (Wildman–Crippen LogP) is 2.93. The van der Waals surface area contributed by atoms with Crippen molar-refractivity contribution in [2.24, 2.45) is 5.92 Å². The van der Waals surface area contributed by atoms with Crippen molar-refractivity contribution in [2.45, 2.75) is 32.2 Å². The van der Waals surface area contributed by atoms with Gasteiger partial charge in [0.2, 0.25) is 0 Å². The summed E-state index contributed by atoms with van der Waals surface area (Å²) in [5, 5.41) is 0. The molecule has 0 aromatic heterocycles. The highest BCUT2D eigenvalue weighted by Gasteiger charge is 2.58. The van der Waals surface area contributed by atoms with Crippen LogP contribution in [0.2, 0.25) is 0 Å². The molecule has 0 bridgehead atoms. The normalized spacial score (nSPS) is 22.2. The van der Waals surface area contributed by atoms with E-state index in [1.54, 1.807) is 29.2 Å². The third kappa shape index (κ3) is 2.59. The maximum absolute atomic E-state index is 13.3. The number of likely N-dealkylation sites (tertiary alicyclic amines) is 1. The zero-order chi connectivity index (χ0) is 19.1. The van der Waals surface area contributed by atoms with Crippen LogP contribution in [0.3, 0.4) is 0 Å². The van der Waals surface area contributed by atoms with E-state index in [0.717, 1.165) is 5.57 Å². The second kappa shape index (κ2) is 6.56. The average Bonchev–Trinajstić information content (AvgIpc) is 3.09. The number of ether oxygens (including phenoxy) is 1. The van der Waals surface area contributed by atoms with Gasteiger partial charge in [-0.25, -0.2) is 4.79 Å². The van der Waals surface area contributed by atoms with Gasteiger partial charge in [0, 0.05) is 29.7 Å². The number of carbonyl (C=O) groups is 3. The Bertz CT molecular complexity index is 822. The Kier molecular flexibility index (Phi) is 4.57. The SMILES string of the molecule is C=C1C(=O)CC2=C1[C@](CC(C)C)(C(=O)OC)N(C(=O)c1ccccc1)C2. The lowest BCUT2D eigenvalue weighted by Gasteiger charge is -2.40. The van der Waals surface area contributed by atoms with E-state index >= 15 is 0 Å². The zero-order valence-corrected chi connectivity index (χ0v) is 15.4. The first-order valence-electron chi connectivity index (χ1n) is 8.73. The van der Waals surface area contributed by atoms with Gasteiger partial charge in [-0.3, -0.25) is 9.59 Å². The van der Waals surface area contributed by atoms with E-state index in [9.17, 15) is 14.4 Å². The molecule has 3 rings (SSSR count). The van der Waals surface area contributed by atoms with Gasteiger partial charge in [0.15, 0.2) is 11.3 Å². The number of Topliss-reactive ketones (excluding diaryl/α,β-unsaturated/α-hetero) is 1. The molecule has 1 aliphatic carbocycles. The molecule has 0 unspecified atom stereocenters. The average molecular weight is 353 g/mol. The Morgan fingerprint density at radius 3 is 2.50 bits per heavy atom. The van der Waals surface area contributed by atoms with Crippen molar-refractivity contribution in [1.29, 1.82) is 0 Å². The van der Waals surface area contributed by atoms with Crippen LogP contribution in [0.15, 0.2) is 53.6 Å². The van der Waals surface area contributed by atoms with Gasteiger partial charge in [0.05, 0.1) is 7.11 Å². The first-order chi connectivity index (χ1) is 12.3. The van der Waals surface area contributed by atoms with Gasteiger partial charge in [-0.15, -0.1) is 0 Å². The van der Waals surface area contributed by atoms with Crippen molar-refractivity contribution >= 4 is 17.7 Å². The van der Waals surface area contributed by atoms with Crippen LogP contribution in [0.25, 0.3) is 0 Å². The molecular weight excluding hydrogens is 330 g/mol. The fraction of sp³-hybridized carbons (Fsp3) is 0.381. The standard InChI is InChI=1S/C21H23NO4/c1-13(2)11-21(20(25)26-4)18-14(3)17(23)10-16(18)12-22(21)19(24)15-8-6-5-7-9-15/h5-9,13H,3,10-12H2,1-2,4H3/t21-/m1/s1. The van der Waals surface area contributed by atoms with Crippen LogP contribution in [0.5, 0.6) is 0 Å². The highest BCUT2D eigenvalue weighted by Crippen LogP contribution is 2.49. The van der Waals surface area contributed by atoms with Crippen molar-refractivity contribution in [2.75, 3.05) is 13.7 Å². The molecule has 0 spiro atoms. The lowest BCUT2D eigenvalue weighted by atomic mass is 9.79. The molecule has 0 fully saturated rings. The molecule has 5 nitrogen and oxygen atoms in total. The minimum Gasteiger partial charge on any atom is -0.467 e. The van der Waals surface area contributed by atoms with Crippen LogP contribution in [0.4, 0.5) is 0 Å². The number of nitrogens with zero attached hydrogens (tertiary/aromatic N) is 1. The van der Waals surface area contributed by atoms with Crippen LogP contribution in [-0.4, -0.2) is 41.8 Å². The third-order valence-electron chi connectivity index (χ3n) is 5.08. The topological polar surface area (TPSA) is 63.7 Å². The molecular formula is C21H23NO4. The summed E-state index contributed by atoms with van der Waals surface area (Å²) in [6, 6.07) is 8.86. The number of hydrogen-bond donors (Lipinski definition) is 0. The fourth-order valence-corrected chi connectivity index (χ4v) is 4.13. The lowest BCUT2D eigenvalue weighted by Crippen LogP contribution is -2.57. The smallest absolute Gasteiger partial charge is 0.336 e. The maximum atomic E-state index is 13.3. The number of hydrogen-bond acceptors (Lipinski definition) is 4. The molecule has 1 aromatic rings. The van der Waals surface area contributed by atoms with E-state index in [4.69, 9.17) is 4.74 Å². The van der Waals surface area contributed by atoms with E-state index in [2.05, 4.69) is 6.58 Å². The van der Waals surface area contributed by atoms with Crippen LogP contribution < -0.4 is 0 Å². The van der Waals surface area contributed by atoms with Gasteiger partial charge in [0.25, 0.3) is 5.91 Å². The summed E-state index contributed by atoms with van der Waals surface area (Å²) in [5.41, 5.74) is 0.925. The molecule has 26 heavy (non-hydrogen) atoms. The van der Waals surface area contributed by atoms with Crippen molar-refractivity contribution in [3.8, 4) is 0 Å². The van der Waals surface area contributed by atoms with Gasteiger partial charge in [-0.05, 0) is 30.0 Å². The molecule has 0 N–H and O–H groups in total. The molecule has 1 amide bonds. The van der Waals surface area contributed by atoms with Crippen molar-refractivity contribution in [1.82, 2.24) is 4.90 Å². The minimum absolute atomic E-state index is 0.0844. The quantitative estimate of drug-likeness (QED) is 0.617. The summed E-state index contributed by atoms with van der Waals surface area (Å²) in [5.74, 6) is -0.739. The summed E-state index contributed by atoms with van der Waals surface area (Å²) in [7, 11) is 1.31. The van der Waals surface area contributed by atoms with E-state index in [0.29, 0.717) is 23.1 Å². The minimum atomic E-state index is -1.30. The summed E-state index contributed by atoms with van der Waals surface area (Å²) in [6.07, 6.45) is 0.590. The Morgan fingerprint density at radius 2 is 1.92 bits per heavy atom. The zero-order valence-electron chi connectivity index (χ0n) is 15.4. The van der Waals surface area contributed by atoms with Crippen molar-refractivity contribution < 1.29 is 19.1 Å². The largest absolute Gasteiger partial charge is 0.467 e. The number of esters is 1. The monoisotopic (exact) mass is 353 g/mol. The summed E-state index contributed by atoms with van der Waals surface area (Å²) >= 11 is 0. The molecule has 1 aliphatic heterocycles. The van der Waals surface area contributed by atoms with Crippen LogP contribution in [0, 0.1) is 5.92 Å². The number of benzene rings is 1. The number of methoxy groups -OCH3 is 1. The Morgan fingerprint density at radius 1 is 1.27 bits per heavy atom. The number of amides is 1. The summed E-state index contributed by atoms with van der Waals surface area (Å²) in [6.45, 7) is 8.12. The van der Waals surface area contributed by atoms with E-state index in [1.807, 2.05) is 19.9 Å². The van der Waals surface area contributed by atoms with E-state index < -0.39 is 11.5 Å². The molecule has 5 heteroatoms. The molecule has 0 radical (unpaired) electrons. The fourth-order valence-electron chi connectivity index (χ4n) is 4.13. The molecule has 2 aliphatic rings. The predicted molar refractivity (Wildman–Crippen MR) is 97.5 cm³/mol. The maximum Gasteiger partial charge on any atom is 0.336 e. The van der Waals surface area contributed by atoms with Gasteiger partial charge in [0.1, 0.15) is 0 Å². The van der Waals surface area contributed by atoms with Crippen LogP contribution >= 0.6 is 0 Å². The van der Waals surface area contributed by atoms with Gasteiger partial charge >= 0.3 is 5.97 Å². The van der Waals surface area contributed by atoms with E-state index in [1.165, 1.54) is 7.11 Å². The second-order valence-corrected chi connectivity index (χ2v) is 7.26. The first-order valence-corrected chi connectivity index (χ1v) is 8.73. The van der Waals surface area contributed by atoms with Gasteiger partial charge in [-0.1, -0.05) is 38.6 Å². The molecule has 0 saturated carbocycles. The Labute approximate surface area is 153 Å². The molecule has 1 atom stereocenters. The molecule has 0 saturated heterocycles. The lowest BCUT2D eigenvalue weighted by molar-refractivity contribution is -0.151. The van der Waals surface area contributed by atoms with Crippen LogP contribution in [-0.2, 0) is 14.3 Å². The van der Waals surface area contributed by atoms with Gasteiger partial charge < -0.3 is 9.64 Å². The molecule has 136 valence electrons. The second-order valence-electron chi connectivity index (χ2n) is 7.26. The third-order valence-corrected chi connectivity index (χ3v) is 5.08. The van der Waals surface area contributed by atoms with E-state index in [-0.39, 0.29) is 30.6 Å².